The van der Waals surface area contributed by atoms with Crippen LogP contribution in [0.3, 0.4) is 0 Å². The van der Waals surface area contributed by atoms with Crippen molar-refractivity contribution in [1.29, 1.82) is 0 Å². The van der Waals surface area contributed by atoms with Gasteiger partial charge in [-0.15, -0.1) is 0 Å². The van der Waals surface area contributed by atoms with Crippen molar-refractivity contribution >= 4 is 11.6 Å². The number of nitrogens with two attached hydrogens (primary N) is 1. The molecule has 1 aromatic heterocycles. The van der Waals surface area contributed by atoms with Gasteiger partial charge in [-0.3, -0.25) is 0 Å². The lowest BCUT2D eigenvalue weighted by molar-refractivity contribution is 0.0759. The molecule has 102 valence electrons. The van der Waals surface area contributed by atoms with Crippen LogP contribution in [0.4, 0.5) is 11.6 Å². The van der Waals surface area contributed by atoms with E-state index in [1.165, 1.54) is 13.4 Å². The minimum atomic E-state index is 0.426. The molecule has 1 heterocycles. The first-order valence-electron chi connectivity index (χ1n) is 5.49. The van der Waals surface area contributed by atoms with Gasteiger partial charge in [0.1, 0.15) is 6.33 Å². The zero-order valence-corrected chi connectivity index (χ0v) is 10.6. The van der Waals surface area contributed by atoms with E-state index in [-0.39, 0.29) is 0 Å². The molecule has 0 aliphatic heterocycles. The van der Waals surface area contributed by atoms with Crippen molar-refractivity contribution in [3.63, 3.8) is 0 Å². The average Bonchev–Trinajstić information content (AvgIpc) is 2.42. The molecule has 0 saturated carbocycles. The Hall–Kier alpha value is -1.64. The number of nitrogens with one attached hydrogen (secondary N) is 2. The van der Waals surface area contributed by atoms with E-state index in [0.717, 1.165) is 0 Å². The minimum Gasteiger partial charge on any atom is -0.490 e. The molecule has 1 aromatic rings. The first-order chi connectivity index (χ1) is 8.83. The fourth-order valence-electron chi connectivity index (χ4n) is 1.28. The molecule has 0 aromatic carbocycles. The Labute approximate surface area is 106 Å². The Kier molecular flexibility index (Phi) is 6.77. The third-order valence-corrected chi connectivity index (χ3v) is 2.12. The zero-order chi connectivity index (χ0) is 13.2. The highest BCUT2D eigenvalue weighted by Gasteiger charge is 2.10. The van der Waals surface area contributed by atoms with Crippen LogP contribution in [0.2, 0.25) is 0 Å². The summed E-state index contributed by atoms with van der Waals surface area (Å²) >= 11 is 0. The summed E-state index contributed by atoms with van der Waals surface area (Å²) in [5.41, 5.74) is 2.44. The van der Waals surface area contributed by atoms with Crippen LogP contribution in [0.5, 0.6) is 5.75 Å². The first-order valence-corrected chi connectivity index (χ1v) is 5.49. The van der Waals surface area contributed by atoms with E-state index in [9.17, 15) is 0 Å². The number of ether oxygens (including phenoxy) is 3. The average molecular weight is 257 g/mol. The monoisotopic (exact) mass is 257 g/mol. The standard InChI is InChI=1S/C10H19N5O3/c1-16-5-6-18-4-3-12-9-8(17-2)10(15-11)14-7-13-9/h7H,3-6,11H2,1-2H3,(H2,12,13,14,15). The van der Waals surface area contributed by atoms with Gasteiger partial charge in [-0.1, -0.05) is 0 Å². The van der Waals surface area contributed by atoms with E-state index in [4.69, 9.17) is 20.1 Å². The van der Waals surface area contributed by atoms with Gasteiger partial charge < -0.3 is 25.0 Å². The Morgan fingerprint density at radius 2 is 1.94 bits per heavy atom. The number of hydrogen-bond acceptors (Lipinski definition) is 8. The Morgan fingerprint density at radius 1 is 1.17 bits per heavy atom. The fraction of sp³-hybridized carbons (Fsp3) is 0.600. The molecule has 0 atom stereocenters. The predicted octanol–water partition coefficient (Wildman–Crippen LogP) is -0.154. The van der Waals surface area contributed by atoms with Gasteiger partial charge in [0, 0.05) is 13.7 Å². The molecule has 0 aliphatic rings. The molecule has 0 unspecified atom stereocenters. The molecule has 0 fully saturated rings. The van der Waals surface area contributed by atoms with Crippen molar-refractivity contribution in [3.8, 4) is 5.75 Å². The summed E-state index contributed by atoms with van der Waals surface area (Å²) in [6.45, 7) is 2.29. The number of nitrogen functional groups attached to an aromatic ring is 1. The Morgan fingerprint density at radius 3 is 2.61 bits per heavy atom. The summed E-state index contributed by atoms with van der Waals surface area (Å²) in [6, 6.07) is 0. The van der Waals surface area contributed by atoms with Crippen molar-refractivity contribution in [2.24, 2.45) is 5.84 Å². The van der Waals surface area contributed by atoms with Gasteiger partial charge in [-0.25, -0.2) is 15.8 Å². The summed E-state index contributed by atoms with van der Waals surface area (Å²) < 4.78 is 15.4. The highest BCUT2D eigenvalue weighted by molar-refractivity contribution is 5.62. The van der Waals surface area contributed by atoms with Crippen molar-refractivity contribution in [3.05, 3.63) is 6.33 Å². The maximum atomic E-state index is 5.32. The lowest BCUT2D eigenvalue weighted by Crippen LogP contribution is -2.15. The lowest BCUT2D eigenvalue weighted by atomic mass is 10.4. The van der Waals surface area contributed by atoms with Crippen LogP contribution in [0.1, 0.15) is 0 Å². The molecule has 8 heteroatoms. The van der Waals surface area contributed by atoms with Crippen molar-refractivity contribution in [1.82, 2.24) is 9.97 Å². The SMILES string of the molecule is COCCOCCNc1ncnc(NN)c1OC. The number of hydrazine groups is 1. The van der Waals surface area contributed by atoms with Gasteiger partial charge in [0.2, 0.25) is 5.75 Å². The minimum absolute atomic E-state index is 0.426. The van der Waals surface area contributed by atoms with Crippen LogP contribution < -0.4 is 21.3 Å². The molecule has 0 spiro atoms. The number of anilines is 2. The number of methoxy groups -OCH3 is 2. The van der Waals surface area contributed by atoms with Crippen molar-refractivity contribution < 1.29 is 14.2 Å². The number of aromatic nitrogens is 2. The van der Waals surface area contributed by atoms with Crippen LogP contribution in [-0.2, 0) is 9.47 Å². The third kappa shape index (κ3) is 4.32. The van der Waals surface area contributed by atoms with E-state index >= 15 is 0 Å². The molecule has 0 amide bonds. The third-order valence-electron chi connectivity index (χ3n) is 2.12. The van der Waals surface area contributed by atoms with Gasteiger partial charge in [-0.2, -0.15) is 0 Å². The number of nitrogens with zero attached hydrogens (tertiary/aromatic N) is 2. The molecule has 8 nitrogen and oxygen atoms in total. The van der Waals surface area contributed by atoms with E-state index in [1.807, 2.05) is 0 Å². The predicted molar refractivity (Wildman–Crippen MR) is 67.6 cm³/mol. The zero-order valence-electron chi connectivity index (χ0n) is 10.6. The maximum Gasteiger partial charge on any atom is 0.205 e. The van der Waals surface area contributed by atoms with Gasteiger partial charge in [0.05, 0.1) is 26.9 Å². The smallest absolute Gasteiger partial charge is 0.205 e. The second-order valence-corrected chi connectivity index (χ2v) is 3.28. The molecule has 0 saturated heterocycles. The second-order valence-electron chi connectivity index (χ2n) is 3.28. The quantitative estimate of drug-likeness (QED) is 0.319. The number of hydrogen-bond donors (Lipinski definition) is 3. The van der Waals surface area contributed by atoms with E-state index < -0.39 is 0 Å². The van der Waals surface area contributed by atoms with Crippen LogP contribution in [-0.4, -0.2) is 50.6 Å². The van der Waals surface area contributed by atoms with E-state index in [0.29, 0.717) is 43.8 Å². The summed E-state index contributed by atoms with van der Waals surface area (Å²) in [5.74, 6) is 6.78. The molecular formula is C10H19N5O3. The fourth-order valence-corrected chi connectivity index (χ4v) is 1.28. The van der Waals surface area contributed by atoms with Crippen molar-refractivity contribution in [2.45, 2.75) is 0 Å². The van der Waals surface area contributed by atoms with Crippen LogP contribution in [0.15, 0.2) is 6.33 Å². The van der Waals surface area contributed by atoms with Crippen LogP contribution in [0.25, 0.3) is 0 Å². The molecule has 0 bridgehead atoms. The summed E-state index contributed by atoms with van der Waals surface area (Å²) in [7, 11) is 3.16. The van der Waals surface area contributed by atoms with Crippen LogP contribution >= 0.6 is 0 Å². The number of rotatable bonds is 9. The van der Waals surface area contributed by atoms with E-state index in [2.05, 4.69) is 20.7 Å². The summed E-state index contributed by atoms with van der Waals surface area (Å²) in [5, 5.41) is 3.08. The largest absolute Gasteiger partial charge is 0.490 e. The summed E-state index contributed by atoms with van der Waals surface area (Å²) in [6.07, 6.45) is 1.39. The Balaban J connectivity index is 2.41. The maximum absolute atomic E-state index is 5.32. The van der Waals surface area contributed by atoms with Crippen molar-refractivity contribution in [2.75, 3.05) is 51.3 Å². The van der Waals surface area contributed by atoms with Crippen LogP contribution in [0, 0.1) is 0 Å². The van der Waals surface area contributed by atoms with Gasteiger partial charge in [-0.05, 0) is 0 Å². The Bertz CT molecular complexity index is 350. The molecular weight excluding hydrogens is 238 g/mol. The summed E-state index contributed by atoms with van der Waals surface area (Å²) in [4.78, 5) is 8.01. The van der Waals surface area contributed by atoms with Gasteiger partial charge in [0.15, 0.2) is 11.6 Å². The first kappa shape index (κ1) is 14.4. The normalized spacial score (nSPS) is 10.2. The second kappa shape index (κ2) is 8.45. The van der Waals surface area contributed by atoms with Gasteiger partial charge >= 0.3 is 0 Å². The van der Waals surface area contributed by atoms with Gasteiger partial charge in [0.25, 0.3) is 0 Å². The molecule has 18 heavy (non-hydrogen) atoms. The molecule has 4 N–H and O–H groups in total. The molecule has 0 radical (unpaired) electrons. The van der Waals surface area contributed by atoms with E-state index in [1.54, 1.807) is 7.11 Å². The topological polar surface area (TPSA) is 104 Å². The lowest BCUT2D eigenvalue weighted by Gasteiger charge is -2.12. The molecule has 1 rings (SSSR count). The highest BCUT2D eigenvalue weighted by atomic mass is 16.5. The highest BCUT2D eigenvalue weighted by Crippen LogP contribution is 2.27. The molecule has 0 aliphatic carbocycles.